The standard InChI is InChI=1S/C7H16O2/c1-6(5-8)7(2,3)9-4/h6,8H,5H2,1-4H3. The lowest BCUT2D eigenvalue weighted by Gasteiger charge is -2.28. The molecule has 0 bridgehead atoms. The summed E-state index contributed by atoms with van der Waals surface area (Å²) in [7, 11) is 1.66. The van der Waals surface area contributed by atoms with Crippen molar-refractivity contribution in [2.45, 2.75) is 26.4 Å². The molecule has 0 fully saturated rings. The Morgan fingerprint density at radius 1 is 1.56 bits per heavy atom. The summed E-state index contributed by atoms with van der Waals surface area (Å²) >= 11 is 0. The van der Waals surface area contributed by atoms with Crippen LogP contribution in [0.2, 0.25) is 0 Å². The summed E-state index contributed by atoms with van der Waals surface area (Å²) < 4.78 is 5.13. The Bertz CT molecular complexity index is 79.0. The molecule has 0 amide bonds. The molecule has 0 aliphatic carbocycles. The van der Waals surface area contributed by atoms with Crippen LogP contribution in [0.15, 0.2) is 0 Å². The average molecular weight is 132 g/mol. The van der Waals surface area contributed by atoms with E-state index in [4.69, 9.17) is 9.84 Å². The molecule has 2 heteroatoms. The van der Waals surface area contributed by atoms with Gasteiger partial charge in [-0.15, -0.1) is 0 Å². The van der Waals surface area contributed by atoms with Crippen LogP contribution in [0.1, 0.15) is 20.8 Å². The Morgan fingerprint density at radius 2 is 2.00 bits per heavy atom. The van der Waals surface area contributed by atoms with Crippen molar-refractivity contribution in [2.24, 2.45) is 5.92 Å². The number of aliphatic hydroxyl groups excluding tert-OH is 1. The van der Waals surface area contributed by atoms with Crippen molar-refractivity contribution in [1.29, 1.82) is 0 Å². The van der Waals surface area contributed by atoms with Crippen LogP contribution < -0.4 is 0 Å². The topological polar surface area (TPSA) is 29.5 Å². The van der Waals surface area contributed by atoms with E-state index in [0.717, 1.165) is 0 Å². The lowest BCUT2D eigenvalue weighted by Crippen LogP contribution is -2.33. The van der Waals surface area contributed by atoms with E-state index in [2.05, 4.69) is 0 Å². The van der Waals surface area contributed by atoms with Crippen LogP contribution in [-0.4, -0.2) is 24.4 Å². The largest absolute Gasteiger partial charge is 0.396 e. The molecule has 0 aromatic rings. The third-order valence-corrected chi connectivity index (χ3v) is 1.99. The predicted octanol–water partition coefficient (Wildman–Crippen LogP) is 1.04. The van der Waals surface area contributed by atoms with Gasteiger partial charge in [0.15, 0.2) is 0 Å². The Morgan fingerprint density at radius 3 is 2.11 bits per heavy atom. The second kappa shape index (κ2) is 3.18. The van der Waals surface area contributed by atoms with E-state index >= 15 is 0 Å². The van der Waals surface area contributed by atoms with Gasteiger partial charge in [-0.05, 0) is 13.8 Å². The first-order valence-corrected chi connectivity index (χ1v) is 3.20. The summed E-state index contributed by atoms with van der Waals surface area (Å²) in [5, 5.41) is 8.72. The van der Waals surface area contributed by atoms with Gasteiger partial charge in [0.1, 0.15) is 0 Å². The lowest BCUT2D eigenvalue weighted by molar-refractivity contribution is -0.0389. The summed E-state index contributed by atoms with van der Waals surface area (Å²) in [5.74, 6) is 0.197. The first-order valence-electron chi connectivity index (χ1n) is 3.20. The molecule has 0 heterocycles. The van der Waals surface area contributed by atoms with Crippen LogP contribution in [0, 0.1) is 5.92 Å². The number of hydrogen-bond donors (Lipinski definition) is 1. The van der Waals surface area contributed by atoms with E-state index in [1.165, 1.54) is 0 Å². The van der Waals surface area contributed by atoms with Gasteiger partial charge in [0.05, 0.1) is 5.60 Å². The monoisotopic (exact) mass is 132 g/mol. The maximum absolute atomic E-state index is 8.72. The van der Waals surface area contributed by atoms with Crippen LogP contribution in [0.5, 0.6) is 0 Å². The Hall–Kier alpha value is -0.0800. The number of hydrogen-bond acceptors (Lipinski definition) is 2. The average Bonchev–Trinajstić information content (AvgIpc) is 1.86. The molecular weight excluding hydrogens is 116 g/mol. The van der Waals surface area contributed by atoms with E-state index < -0.39 is 0 Å². The maximum Gasteiger partial charge on any atom is 0.0669 e. The minimum atomic E-state index is -0.200. The van der Waals surface area contributed by atoms with Crippen molar-refractivity contribution >= 4 is 0 Å². The fourth-order valence-corrected chi connectivity index (χ4v) is 0.421. The number of rotatable bonds is 3. The number of methoxy groups -OCH3 is 1. The molecule has 0 radical (unpaired) electrons. The van der Waals surface area contributed by atoms with Gasteiger partial charge in [-0.25, -0.2) is 0 Å². The van der Waals surface area contributed by atoms with Crippen molar-refractivity contribution < 1.29 is 9.84 Å². The number of ether oxygens (including phenoxy) is 1. The molecule has 1 atom stereocenters. The molecule has 2 nitrogen and oxygen atoms in total. The Kier molecular flexibility index (Phi) is 3.15. The van der Waals surface area contributed by atoms with E-state index in [-0.39, 0.29) is 18.1 Å². The SMILES string of the molecule is COC(C)(C)C(C)CO. The minimum absolute atomic E-state index is 0.181. The molecule has 9 heavy (non-hydrogen) atoms. The van der Waals surface area contributed by atoms with Crippen molar-refractivity contribution in [3.8, 4) is 0 Å². The smallest absolute Gasteiger partial charge is 0.0669 e. The summed E-state index contributed by atoms with van der Waals surface area (Å²) in [6, 6.07) is 0. The summed E-state index contributed by atoms with van der Waals surface area (Å²) in [4.78, 5) is 0. The highest BCUT2D eigenvalue weighted by atomic mass is 16.5. The molecule has 0 rings (SSSR count). The highest BCUT2D eigenvalue weighted by molar-refractivity contribution is 4.74. The number of aliphatic hydroxyl groups is 1. The molecule has 0 aliphatic heterocycles. The first kappa shape index (κ1) is 8.92. The van der Waals surface area contributed by atoms with Crippen LogP contribution in [0.25, 0.3) is 0 Å². The van der Waals surface area contributed by atoms with E-state index in [1.807, 2.05) is 20.8 Å². The van der Waals surface area contributed by atoms with Gasteiger partial charge in [0.25, 0.3) is 0 Å². The predicted molar refractivity (Wildman–Crippen MR) is 37.3 cm³/mol. The zero-order valence-electron chi connectivity index (χ0n) is 6.64. The van der Waals surface area contributed by atoms with Crippen LogP contribution in [-0.2, 0) is 4.74 Å². The van der Waals surface area contributed by atoms with Gasteiger partial charge in [-0.1, -0.05) is 6.92 Å². The van der Waals surface area contributed by atoms with Gasteiger partial charge in [0, 0.05) is 19.6 Å². The summed E-state index contributed by atoms with van der Waals surface area (Å²) in [6.45, 7) is 6.08. The third kappa shape index (κ3) is 2.33. The molecule has 0 saturated heterocycles. The van der Waals surface area contributed by atoms with E-state index in [1.54, 1.807) is 7.11 Å². The second-order valence-corrected chi connectivity index (χ2v) is 2.89. The molecule has 1 N–H and O–H groups in total. The van der Waals surface area contributed by atoms with Gasteiger partial charge in [-0.3, -0.25) is 0 Å². The van der Waals surface area contributed by atoms with Crippen molar-refractivity contribution in [3.63, 3.8) is 0 Å². The van der Waals surface area contributed by atoms with Crippen molar-refractivity contribution in [3.05, 3.63) is 0 Å². The van der Waals surface area contributed by atoms with E-state index in [0.29, 0.717) is 0 Å². The summed E-state index contributed by atoms with van der Waals surface area (Å²) in [6.07, 6.45) is 0. The molecule has 0 aromatic heterocycles. The molecule has 0 aromatic carbocycles. The Balaban J connectivity index is 3.80. The quantitative estimate of drug-likeness (QED) is 0.621. The molecule has 1 unspecified atom stereocenters. The van der Waals surface area contributed by atoms with Crippen LogP contribution in [0.3, 0.4) is 0 Å². The first-order chi connectivity index (χ1) is 4.04. The van der Waals surface area contributed by atoms with Gasteiger partial charge in [0.2, 0.25) is 0 Å². The van der Waals surface area contributed by atoms with Gasteiger partial charge < -0.3 is 9.84 Å². The van der Waals surface area contributed by atoms with Gasteiger partial charge >= 0.3 is 0 Å². The zero-order chi connectivity index (χ0) is 7.49. The van der Waals surface area contributed by atoms with E-state index in [9.17, 15) is 0 Å². The normalized spacial score (nSPS) is 15.7. The molecule has 0 saturated carbocycles. The second-order valence-electron chi connectivity index (χ2n) is 2.89. The van der Waals surface area contributed by atoms with Crippen molar-refractivity contribution in [1.82, 2.24) is 0 Å². The highest BCUT2D eigenvalue weighted by Gasteiger charge is 2.23. The van der Waals surface area contributed by atoms with Crippen LogP contribution >= 0.6 is 0 Å². The summed E-state index contributed by atoms with van der Waals surface area (Å²) in [5.41, 5.74) is -0.200. The lowest BCUT2D eigenvalue weighted by atomic mass is 9.94. The molecular formula is C7H16O2. The van der Waals surface area contributed by atoms with Crippen LogP contribution in [0.4, 0.5) is 0 Å². The Labute approximate surface area is 56.8 Å². The molecule has 0 aliphatic rings. The highest BCUT2D eigenvalue weighted by Crippen LogP contribution is 2.18. The third-order valence-electron chi connectivity index (χ3n) is 1.99. The molecule has 0 spiro atoms. The minimum Gasteiger partial charge on any atom is -0.396 e. The van der Waals surface area contributed by atoms with Crippen molar-refractivity contribution in [2.75, 3.05) is 13.7 Å². The fourth-order valence-electron chi connectivity index (χ4n) is 0.421. The maximum atomic E-state index is 8.72. The zero-order valence-corrected chi connectivity index (χ0v) is 6.64. The molecule has 56 valence electrons. The fraction of sp³-hybridized carbons (Fsp3) is 1.00. The van der Waals surface area contributed by atoms with Gasteiger partial charge in [-0.2, -0.15) is 0 Å².